The molecule has 0 unspecified atom stereocenters. The summed E-state index contributed by atoms with van der Waals surface area (Å²) in [7, 11) is 1.81. The molecule has 1 saturated carbocycles. The third-order valence-corrected chi connectivity index (χ3v) is 3.02. The molecule has 1 aliphatic rings. The summed E-state index contributed by atoms with van der Waals surface area (Å²) in [6, 6.07) is 5.37. The zero-order chi connectivity index (χ0) is 13.2. The van der Waals surface area contributed by atoms with Crippen LogP contribution in [0, 0.1) is 5.82 Å². The van der Waals surface area contributed by atoms with Crippen LogP contribution >= 0.6 is 0 Å². The zero-order valence-electron chi connectivity index (χ0n) is 10.8. The first-order chi connectivity index (χ1) is 9.19. The van der Waals surface area contributed by atoms with Crippen LogP contribution in [-0.2, 0) is 13.6 Å². The minimum atomic E-state index is -0.283. The number of nitrogens with zero attached hydrogens (tertiary/aromatic N) is 2. The van der Waals surface area contributed by atoms with Gasteiger partial charge in [0.1, 0.15) is 11.6 Å². The Morgan fingerprint density at radius 3 is 2.89 bits per heavy atom. The van der Waals surface area contributed by atoms with Crippen molar-refractivity contribution in [3.05, 3.63) is 42.0 Å². The number of rotatable bonds is 5. The molecule has 0 radical (unpaired) electrons. The number of hydrogen-bond donors (Lipinski definition) is 1. The number of halogens is 1. The van der Waals surface area contributed by atoms with Crippen molar-refractivity contribution < 1.29 is 9.13 Å². The lowest BCUT2D eigenvalue weighted by atomic mass is 10.2. The van der Waals surface area contributed by atoms with Crippen molar-refractivity contribution in [2.75, 3.05) is 0 Å². The lowest BCUT2D eigenvalue weighted by molar-refractivity contribution is 0.474. The highest BCUT2D eigenvalue weighted by atomic mass is 19.1. The summed E-state index contributed by atoms with van der Waals surface area (Å²) >= 11 is 0. The molecule has 5 heteroatoms. The molecule has 1 aliphatic carbocycles. The SMILES string of the molecule is Cn1cc(Oc2cc(F)cc(CNC3CC3)c2)cn1. The van der Waals surface area contributed by atoms with Crippen LogP contribution in [0.1, 0.15) is 18.4 Å². The predicted octanol–water partition coefficient (Wildman–Crippen LogP) is 2.60. The molecule has 1 fully saturated rings. The molecule has 0 atom stereocenters. The van der Waals surface area contributed by atoms with Gasteiger partial charge in [-0.15, -0.1) is 0 Å². The van der Waals surface area contributed by atoms with Gasteiger partial charge in [0.2, 0.25) is 0 Å². The zero-order valence-corrected chi connectivity index (χ0v) is 10.8. The Morgan fingerprint density at radius 2 is 2.21 bits per heavy atom. The number of aryl methyl sites for hydroxylation is 1. The molecule has 1 heterocycles. The summed E-state index contributed by atoms with van der Waals surface area (Å²) in [5.74, 6) is 0.823. The van der Waals surface area contributed by atoms with Gasteiger partial charge < -0.3 is 10.1 Å². The first-order valence-corrected chi connectivity index (χ1v) is 6.38. The Balaban J connectivity index is 1.72. The molecule has 0 bridgehead atoms. The van der Waals surface area contributed by atoms with Crippen molar-refractivity contribution in [1.82, 2.24) is 15.1 Å². The number of hydrogen-bond acceptors (Lipinski definition) is 3. The minimum absolute atomic E-state index is 0.283. The summed E-state index contributed by atoms with van der Waals surface area (Å²) in [6.45, 7) is 0.672. The predicted molar refractivity (Wildman–Crippen MR) is 69.5 cm³/mol. The molecular formula is C14H16FN3O. The van der Waals surface area contributed by atoms with E-state index in [0.717, 1.165) is 5.56 Å². The number of nitrogens with one attached hydrogen (secondary N) is 1. The van der Waals surface area contributed by atoms with Crippen molar-refractivity contribution in [2.45, 2.75) is 25.4 Å². The molecule has 3 rings (SSSR count). The highest BCUT2D eigenvalue weighted by Crippen LogP contribution is 2.24. The smallest absolute Gasteiger partial charge is 0.165 e. The van der Waals surface area contributed by atoms with Gasteiger partial charge in [-0.25, -0.2) is 4.39 Å². The molecule has 4 nitrogen and oxygen atoms in total. The van der Waals surface area contributed by atoms with Crippen molar-refractivity contribution in [3.8, 4) is 11.5 Å². The summed E-state index contributed by atoms with van der Waals surface area (Å²) in [6.07, 6.45) is 5.78. The van der Waals surface area contributed by atoms with Crippen molar-refractivity contribution >= 4 is 0 Å². The second kappa shape index (κ2) is 5.01. The third kappa shape index (κ3) is 3.32. The van der Waals surface area contributed by atoms with Gasteiger partial charge >= 0.3 is 0 Å². The number of aromatic nitrogens is 2. The van der Waals surface area contributed by atoms with Crippen molar-refractivity contribution in [3.63, 3.8) is 0 Å². The standard InChI is InChI=1S/C14H16FN3O/c1-18-9-14(8-17-18)19-13-5-10(4-11(15)6-13)7-16-12-2-3-12/h4-6,8-9,12,16H,2-3,7H2,1H3. The van der Waals surface area contributed by atoms with Gasteiger partial charge in [-0.3, -0.25) is 4.68 Å². The van der Waals surface area contributed by atoms with E-state index in [4.69, 9.17) is 4.74 Å². The second-order valence-electron chi connectivity index (χ2n) is 4.90. The summed E-state index contributed by atoms with van der Waals surface area (Å²) in [5, 5.41) is 7.37. The lowest BCUT2D eigenvalue weighted by Gasteiger charge is -2.07. The Labute approximate surface area is 111 Å². The highest BCUT2D eigenvalue weighted by Gasteiger charge is 2.20. The van der Waals surface area contributed by atoms with Gasteiger partial charge in [-0.1, -0.05) is 0 Å². The molecular weight excluding hydrogens is 245 g/mol. The molecule has 0 amide bonds. The van der Waals surface area contributed by atoms with Crippen LogP contribution in [-0.4, -0.2) is 15.8 Å². The van der Waals surface area contributed by atoms with E-state index in [1.807, 2.05) is 13.1 Å². The van der Waals surface area contributed by atoms with E-state index in [0.29, 0.717) is 24.1 Å². The summed E-state index contributed by atoms with van der Waals surface area (Å²) in [5.41, 5.74) is 0.894. The van der Waals surface area contributed by atoms with Crippen LogP contribution in [0.2, 0.25) is 0 Å². The Morgan fingerprint density at radius 1 is 1.37 bits per heavy atom. The van der Waals surface area contributed by atoms with Crippen molar-refractivity contribution in [2.24, 2.45) is 7.05 Å². The number of ether oxygens (including phenoxy) is 1. The molecule has 19 heavy (non-hydrogen) atoms. The maximum atomic E-state index is 13.5. The summed E-state index contributed by atoms with van der Waals surface area (Å²) < 4.78 is 20.8. The molecule has 0 aliphatic heterocycles. The Bertz CT molecular complexity index is 578. The van der Waals surface area contributed by atoms with E-state index in [2.05, 4.69) is 10.4 Å². The Kier molecular flexibility index (Phi) is 3.21. The molecule has 1 N–H and O–H groups in total. The second-order valence-corrected chi connectivity index (χ2v) is 4.90. The molecule has 2 aromatic rings. The van der Waals surface area contributed by atoms with Gasteiger partial charge in [0, 0.05) is 25.7 Å². The first-order valence-electron chi connectivity index (χ1n) is 6.38. The van der Waals surface area contributed by atoms with E-state index in [1.165, 1.54) is 25.0 Å². The molecule has 0 spiro atoms. The monoisotopic (exact) mass is 261 g/mol. The summed E-state index contributed by atoms with van der Waals surface area (Å²) in [4.78, 5) is 0. The average molecular weight is 261 g/mol. The molecule has 1 aromatic carbocycles. The van der Waals surface area contributed by atoms with Crippen LogP contribution < -0.4 is 10.1 Å². The minimum Gasteiger partial charge on any atom is -0.454 e. The largest absolute Gasteiger partial charge is 0.454 e. The topological polar surface area (TPSA) is 39.1 Å². The van der Waals surface area contributed by atoms with Gasteiger partial charge in [0.25, 0.3) is 0 Å². The molecule has 100 valence electrons. The van der Waals surface area contributed by atoms with Crippen LogP contribution in [0.3, 0.4) is 0 Å². The fraction of sp³-hybridized carbons (Fsp3) is 0.357. The maximum Gasteiger partial charge on any atom is 0.165 e. The average Bonchev–Trinajstić information content (AvgIpc) is 3.10. The van der Waals surface area contributed by atoms with E-state index in [9.17, 15) is 4.39 Å². The van der Waals surface area contributed by atoms with E-state index < -0.39 is 0 Å². The van der Waals surface area contributed by atoms with Gasteiger partial charge in [0.15, 0.2) is 5.75 Å². The van der Waals surface area contributed by atoms with Crippen LogP contribution in [0.15, 0.2) is 30.6 Å². The highest BCUT2D eigenvalue weighted by molar-refractivity contribution is 5.33. The van der Waals surface area contributed by atoms with Crippen molar-refractivity contribution in [1.29, 1.82) is 0 Å². The van der Waals surface area contributed by atoms with Crippen LogP contribution in [0.5, 0.6) is 11.5 Å². The molecule has 1 aromatic heterocycles. The van der Waals surface area contributed by atoms with E-state index >= 15 is 0 Å². The fourth-order valence-corrected chi connectivity index (χ4v) is 1.92. The molecule has 0 saturated heterocycles. The van der Waals surface area contributed by atoms with E-state index in [-0.39, 0.29) is 5.82 Å². The third-order valence-electron chi connectivity index (χ3n) is 3.02. The lowest BCUT2D eigenvalue weighted by Crippen LogP contribution is -2.15. The number of benzene rings is 1. The van der Waals surface area contributed by atoms with Crippen LogP contribution in [0.25, 0.3) is 0 Å². The van der Waals surface area contributed by atoms with Gasteiger partial charge in [0.05, 0.1) is 12.4 Å². The quantitative estimate of drug-likeness (QED) is 0.899. The van der Waals surface area contributed by atoms with Gasteiger partial charge in [-0.2, -0.15) is 5.10 Å². The maximum absolute atomic E-state index is 13.5. The van der Waals surface area contributed by atoms with Crippen LogP contribution in [0.4, 0.5) is 4.39 Å². The Hall–Kier alpha value is -1.88. The van der Waals surface area contributed by atoms with E-state index in [1.54, 1.807) is 17.1 Å². The fourth-order valence-electron chi connectivity index (χ4n) is 1.92. The van der Waals surface area contributed by atoms with Gasteiger partial charge in [-0.05, 0) is 30.5 Å². The normalized spacial score (nSPS) is 14.6. The first kappa shape index (κ1) is 12.2.